The molecule has 0 atom stereocenters. The fourth-order valence-electron chi connectivity index (χ4n) is 5.01. The van der Waals surface area contributed by atoms with Crippen LogP contribution in [0, 0.1) is 11.6 Å². The molecule has 1 fully saturated rings. The van der Waals surface area contributed by atoms with Crippen LogP contribution in [-0.4, -0.2) is 52.1 Å². The summed E-state index contributed by atoms with van der Waals surface area (Å²) < 4.78 is 96.2. The third-order valence-electron chi connectivity index (χ3n) is 7.15. The molecule has 1 N–H and O–H groups in total. The summed E-state index contributed by atoms with van der Waals surface area (Å²) in [6.07, 6.45) is -1.52. The van der Waals surface area contributed by atoms with Crippen LogP contribution in [0.5, 0.6) is 0 Å². The molecule has 9 nitrogen and oxygen atoms in total. The first-order valence-corrected chi connectivity index (χ1v) is 15.0. The Bertz CT molecular complexity index is 1960. The highest BCUT2D eigenvalue weighted by atomic mass is 35.5. The lowest BCUT2D eigenvalue weighted by atomic mass is 10.1. The Morgan fingerprint density at radius 3 is 2.34 bits per heavy atom. The third-order valence-corrected chi connectivity index (χ3v) is 9.00. The number of fused-ring (bicyclic) bond motifs is 1. The SMILES string of the molecule is O=S(=O)(NC1CCN(c2ncnc3c2nc(-c2ccccc2Cl)n3-c2ccc(C(F)(F)F)nc2)CC1)c1ccc(F)c(F)c1. The highest BCUT2D eigenvalue weighted by Gasteiger charge is 2.33. The standard InChI is InChI=1S/C28H21ClF5N7O2S/c29-20-4-2-1-3-19(20)25-38-24-26(36-15-37-27(24)41(25)17-5-8-23(35-14-17)28(32,33)34)40-11-9-16(10-12-40)39-44(42,43)18-6-7-21(30)22(31)13-18/h1-8,13-16,39H,9-12H2. The summed E-state index contributed by atoms with van der Waals surface area (Å²) >= 11 is 6.49. The van der Waals surface area contributed by atoms with Crippen molar-refractivity contribution in [2.24, 2.45) is 0 Å². The molecule has 228 valence electrons. The highest BCUT2D eigenvalue weighted by molar-refractivity contribution is 7.89. The molecule has 0 bridgehead atoms. The Morgan fingerprint density at radius 2 is 1.68 bits per heavy atom. The van der Waals surface area contributed by atoms with Crippen LogP contribution in [0.1, 0.15) is 18.5 Å². The molecule has 5 aromatic rings. The van der Waals surface area contributed by atoms with Gasteiger partial charge in [0.2, 0.25) is 10.0 Å². The number of aromatic nitrogens is 5. The number of halogens is 6. The van der Waals surface area contributed by atoms with Gasteiger partial charge in [-0.05, 0) is 55.3 Å². The van der Waals surface area contributed by atoms with Crippen molar-refractivity contribution in [3.05, 3.63) is 89.5 Å². The smallest absolute Gasteiger partial charge is 0.355 e. The molecule has 2 aromatic carbocycles. The van der Waals surface area contributed by atoms with E-state index in [0.29, 0.717) is 65.4 Å². The second-order valence-corrected chi connectivity index (χ2v) is 12.1. The van der Waals surface area contributed by atoms with Gasteiger partial charge in [-0.3, -0.25) is 4.57 Å². The number of alkyl halides is 3. The predicted molar refractivity (Wildman–Crippen MR) is 152 cm³/mol. The van der Waals surface area contributed by atoms with E-state index in [-0.39, 0.29) is 10.6 Å². The summed E-state index contributed by atoms with van der Waals surface area (Å²) in [5.74, 6) is -1.67. The number of sulfonamides is 1. The lowest BCUT2D eigenvalue weighted by molar-refractivity contribution is -0.141. The average Bonchev–Trinajstić information content (AvgIpc) is 3.38. The first-order chi connectivity index (χ1) is 20.9. The predicted octanol–water partition coefficient (Wildman–Crippen LogP) is 5.78. The number of pyridine rings is 1. The molecule has 0 saturated carbocycles. The zero-order chi connectivity index (χ0) is 31.2. The van der Waals surface area contributed by atoms with E-state index in [4.69, 9.17) is 16.6 Å². The normalized spacial score (nSPS) is 14.8. The Kier molecular flexibility index (Phi) is 7.71. The van der Waals surface area contributed by atoms with E-state index >= 15 is 0 Å². The van der Waals surface area contributed by atoms with Crippen molar-refractivity contribution in [2.75, 3.05) is 18.0 Å². The number of nitrogens with one attached hydrogen (secondary N) is 1. The van der Waals surface area contributed by atoms with Crippen molar-refractivity contribution in [2.45, 2.75) is 30.0 Å². The lowest BCUT2D eigenvalue weighted by Gasteiger charge is -2.33. The van der Waals surface area contributed by atoms with Crippen LogP contribution in [0.3, 0.4) is 0 Å². The molecule has 0 aliphatic carbocycles. The maximum absolute atomic E-state index is 13.6. The van der Waals surface area contributed by atoms with Gasteiger partial charge in [-0.1, -0.05) is 23.7 Å². The van der Waals surface area contributed by atoms with Crippen LogP contribution in [-0.2, 0) is 16.2 Å². The van der Waals surface area contributed by atoms with Gasteiger partial charge >= 0.3 is 6.18 Å². The van der Waals surface area contributed by atoms with Crippen molar-refractivity contribution in [1.82, 2.24) is 29.2 Å². The number of hydrogen-bond donors (Lipinski definition) is 1. The molecule has 0 amide bonds. The third kappa shape index (κ3) is 5.69. The second-order valence-electron chi connectivity index (χ2n) is 9.98. The number of benzene rings is 2. The first-order valence-electron chi connectivity index (χ1n) is 13.2. The Balaban J connectivity index is 1.32. The van der Waals surface area contributed by atoms with Crippen molar-refractivity contribution in [1.29, 1.82) is 0 Å². The van der Waals surface area contributed by atoms with E-state index in [1.165, 1.54) is 12.4 Å². The molecule has 1 aliphatic rings. The van der Waals surface area contributed by atoms with Gasteiger partial charge in [0.15, 0.2) is 28.6 Å². The molecule has 0 spiro atoms. The molecular weight excluding hydrogens is 629 g/mol. The molecule has 0 unspecified atom stereocenters. The number of anilines is 1. The van der Waals surface area contributed by atoms with E-state index in [0.717, 1.165) is 24.4 Å². The molecule has 0 radical (unpaired) electrons. The summed E-state index contributed by atoms with van der Waals surface area (Å²) in [5.41, 5.74) is 0.368. The van der Waals surface area contributed by atoms with Crippen LogP contribution >= 0.6 is 11.6 Å². The van der Waals surface area contributed by atoms with Gasteiger partial charge in [0.25, 0.3) is 0 Å². The molecule has 1 saturated heterocycles. The maximum atomic E-state index is 13.6. The van der Waals surface area contributed by atoms with Gasteiger partial charge < -0.3 is 4.90 Å². The number of piperidine rings is 1. The minimum Gasteiger partial charge on any atom is -0.355 e. The van der Waals surface area contributed by atoms with Crippen molar-refractivity contribution < 1.29 is 30.4 Å². The van der Waals surface area contributed by atoms with Gasteiger partial charge in [0.05, 0.1) is 21.8 Å². The monoisotopic (exact) mass is 649 g/mol. The van der Waals surface area contributed by atoms with Crippen molar-refractivity contribution in [3.63, 3.8) is 0 Å². The lowest BCUT2D eigenvalue weighted by Crippen LogP contribution is -2.45. The number of hydrogen-bond acceptors (Lipinski definition) is 7. The van der Waals surface area contributed by atoms with E-state index in [9.17, 15) is 30.4 Å². The van der Waals surface area contributed by atoms with Crippen LogP contribution in [0.15, 0.2) is 72.0 Å². The molecule has 3 aromatic heterocycles. The summed E-state index contributed by atoms with van der Waals surface area (Å²) in [5, 5.41) is 0.354. The Hall–Kier alpha value is -4.21. The summed E-state index contributed by atoms with van der Waals surface area (Å²) in [6.45, 7) is 0.709. The number of nitrogens with zero attached hydrogens (tertiary/aromatic N) is 6. The highest BCUT2D eigenvalue weighted by Crippen LogP contribution is 2.36. The fourth-order valence-corrected chi connectivity index (χ4v) is 6.54. The van der Waals surface area contributed by atoms with E-state index in [1.807, 2.05) is 4.90 Å². The molecular formula is C28H21ClF5N7O2S. The molecule has 6 rings (SSSR count). The van der Waals surface area contributed by atoms with Gasteiger partial charge in [-0.25, -0.2) is 41.9 Å². The van der Waals surface area contributed by atoms with Crippen LogP contribution < -0.4 is 9.62 Å². The maximum Gasteiger partial charge on any atom is 0.433 e. The summed E-state index contributed by atoms with van der Waals surface area (Å²) in [6, 6.07) is 10.9. The summed E-state index contributed by atoms with van der Waals surface area (Å²) in [7, 11) is -4.10. The quantitative estimate of drug-likeness (QED) is 0.233. The van der Waals surface area contributed by atoms with Gasteiger partial charge in [0.1, 0.15) is 17.8 Å². The number of imidazole rings is 1. The van der Waals surface area contributed by atoms with Crippen LogP contribution in [0.2, 0.25) is 5.02 Å². The Labute approximate surface area is 252 Å². The van der Waals surface area contributed by atoms with Gasteiger partial charge in [-0.2, -0.15) is 13.2 Å². The van der Waals surface area contributed by atoms with Gasteiger partial charge in [0, 0.05) is 24.7 Å². The Morgan fingerprint density at radius 1 is 0.932 bits per heavy atom. The number of rotatable bonds is 6. The molecule has 16 heteroatoms. The summed E-state index contributed by atoms with van der Waals surface area (Å²) in [4.78, 5) is 18.7. The van der Waals surface area contributed by atoms with Crippen LogP contribution in [0.25, 0.3) is 28.2 Å². The topological polar surface area (TPSA) is 106 Å². The van der Waals surface area contributed by atoms with Crippen molar-refractivity contribution >= 4 is 38.6 Å². The average molecular weight is 650 g/mol. The second kappa shape index (κ2) is 11.4. The fraction of sp³-hybridized carbons (Fsp3) is 0.214. The zero-order valence-electron chi connectivity index (χ0n) is 22.4. The molecule has 1 aliphatic heterocycles. The van der Waals surface area contributed by atoms with Gasteiger partial charge in [-0.15, -0.1) is 0 Å². The van der Waals surface area contributed by atoms with Crippen LogP contribution in [0.4, 0.5) is 27.8 Å². The first kappa shape index (κ1) is 29.8. The minimum atomic E-state index is -4.62. The van der Waals surface area contributed by atoms with E-state index < -0.39 is 39.6 Å². The van der Waals surface area contributed by atoms with E-state index in [2.05, 4.69) is 19.7 Å². The zero-order valence-corrected chi connectivity index (χ0v) is 24.0. The largest absolute Gasteiger partial charge is 0.433 e. The van der Waals surface area contributed by atoms with Crippen molar-refractivity contribution in [3.8, 4) is 17.1 Å². The van der Waals surface area contributed by atoms with E-state index in [1.54, 1.807) is 28.8 Å². The molecule has 44 heavy (non-hydrogen) atoms. The minimum absolute atomic E-state index is 0.269. The molecule has 4 heterocycles.